The zero-order chi connectivity index (χ0) is 22.4. The van der Waals surface area contributed by atoms with Crippen molar-refractivity contribution < 1.29 is 9.90 Å². The highest BCUT2D eigenvalue weighted by Gasteiger charge is 2.14. The van der Waals surface area contributed by atoms with Gasteiger partial charge in [0.15, 0.2) is 0 Å². The Morgan fingerprint density at radius 3 is 1.65 bits per heavy atom. The maximum atomic E-state index is 11.2. The highest BCUT2D eigenvalue weighted by molar-refractivity contribution is 7.99. The minimum Gasteiger partial charge on any atom is -0.481 e. The predicted molar refractivity (Wildman–Crippen MR) is 138 cm³/mol. The van der Waals surface area contributed by atoms with E-state index in [9.17, 15) is 9.90 Å². The molecule has 0 bridgehead atoms. The van der Waals surface area contributed by atoms with E-state index in [-0.39, 0.29) is 11.7 Å². The second-order valence-electron chi connectivity index (χ2n) is 9.08. The van der Waals surface area contributed by atoms with Crippen molar-refractivity contribution in [1.82, 2.24) is 0 Å². The molecule has 0 spiro atoms. The first-order chi connectivity index (χ1) is 15.2. The fourth-order valence-corrected chi connectivity index (χ4v) is 5.44. The van der Waals surface area contributed by atoms with E-state index < -0.39 is 5.97 Å². The first kappa shape index (κ1) is 28.1. The zero-order valence-electron chi connectivity index (χ0n) is 20.2. The topological polar surface area (TPSA) is 37.3 Å². The number of unbranched alkanes of at least 4 members (excludes halogenated alkanes) is 15. The van der Waals surface area contributed by atoms with Gasteiger partial charge in [0.2, 0.25) is 0 Å². The van der Waals surface area contributed by atoms with Gasteiger partial charge in [-0.1, -0.05) is 134 Å². The monoisotopic (exact) mass is 448 g/mol. The lowest BCUT2D eigenvalue weighted by Crippen LogP contribution is -2.13. The van der Waals surface area contributed by atoms with Gasteiger partial charge in [-0.3, -0.25) is 4.79 Å². The lowest BCUT2D eigenvalue weighted by atomic mass is 10.0. The molecule has 1 aromatic carbocycles. The third kappa shape index (κ3) is 18.3. The molecular weight excluding hydrogens is 400 g/mol. The standard InChI is InChI=1S/C28H48O2S/c1-2-3-4-5-6-7-8-9-10-11-12-13-14-15-16-20-23-31-27(25-28(29)30)24-26-21-18-17-19-22-26/h17-19,21-22,27H,2-16,20,23-25H2,1H3,(H,29,30). The Morgan fingerprint density at radius 1 is 0.742 bits per heavy atom. The summed E-state index contributed by atoms with van der Waals surface area (Å²) < 4.78 is 0. The van der Waals surface area contributed by atoms with E-state index in [2.05, 4.69) is 19.1 Å². The van der Waals surface area contributed by atoms with Crippen molar-refractivity contribution in [3.63, 3.8) is 0 Å². The van der Waals surface area contributed by atoms with E-state index in [0.29, 0.717) is 0 Å². The number of benzene rings is 1. The maximum absolute atomic E-state index is 11.2. The number of aliphatic carboxylic acids is 1. The maximum Gasteiger partial charge on any atom is 0.304 e. The molecule has 0 radical (unpaired) electrons. The van der Waals surface area contributed by atoms with E-state index in [1.165, 1.54) is 108 Å². The van der Waals surface area contributed by atoms with Crippen LogP contribution in [0.15, 0.2) is 30.3 Å². The average molecular weight is 449 g/mol. The van der Waals surface area contributed by atoms with E-state index in [1.807, 2.05) is 30.0 Å². The predicted octanol–water partition coefficient (Wildman–Crippen LogP) is 9.07. The molecule has 0 aliphatic rings. The first-order valence-corrected chi connectivity index (χ1v) is 14.1. The molecule has 31 heavy (non-hydrogen) atoms. The minimum absolute atomic E-state index is 0.191. The molecule has 0 heterocycles. The minimum atomic E-state index is -0.680. The van der Waals surface area contributed by atoms with E-state index in [0.717, 1.165) is 12.2 Å². The summed E-state index contributed by atoms with van der Waals surface area (Å²) in [5.41, 5.74) is 1.24. The summed E-state index contributed by atoms with van der Waals surface area (Å²) in [5.74, 6) is 0.406. The smallest absolute Gasteiger partial charge is 0.304 e. The molecule has 1 N–H and O–H groups in total. The second-order valence-corrected chi connectivity index (χ2v) is 10.5. The molecule has 1 rings (SSSR count). The number of carboxylic acid groups (broad SMARTS) is 1. The summed E-state index contributed by atoms with van der Waals surface area (Å²) in [5, 5.41) is 9.38. The quantitative estimate of drug-likeness (QED) is 0.180. The van der Waals surface area contributed by atoms with Crippen LogP contribution in [0.25, 0.3) is 0 Å². The van der Waals surface area contributed by atoms with Gasteiger partial charge >= 0.3 is 5.97 Å². The van der Waals surface area contributed by atoms with Crippen LogP contribution in [0.1, 0.15) is 122 Å². The van der Waals surface area contributed by atoms with Crippen molar-refractivity contribution in [1.29, 1.82) is 0 Å². The molecule has 178 valence electrons. The number of carbonyl (C=O) groups is 1. The summed E-state index contributed by atoms with van der Waals surface area (Å²) >= 11 is 1.85. The summed E-state index contributed by atoms with van der Waals surface area (Å²) in [7, 11) is 0. The van der Waals surface area contributed by atoms with Crippen LogP contribution in [-0.2, 0) is 11.2 Å². The van der Waals surface area contributed by atoms with E-state index >= 15 is 0 Å². The van der Waals surface area contributed by atoms with Crippen molar-refractivity contribution in [2.45, 2.75) is 128 Å². The molecule has 0 aliphatic heterocycles. The third-order valence-corrected chi connectivity index (χ3v) is 7.39. The van der Waals surface area contributed by atoms with Crippen LogP contribution in [0, 0.1) is 0 Å². The normalized spacial score (nSPS) is 12.2. The van der Waals surface area contributed by atoms with Gasteiger partial charge < -0.3 is 5.11 Å². The highest BCUT2D eigenvalue weighted by atomic mass is 32.2. The largest absolute Gasteiger partial charge is 0.481 e. The van der Waals surface area contributed by atoms with Crippen molar-refractivity contribution >= 4 is 17.7 Å². The Hall–Kier alpha value is -0.960. The molecule has 0 amide bonds. The molecule has 0 aliphatic carbocycles. The van der Waals surface area contributed by atoms with Gasteiger partial charge in [-0.25, -0.2) is 0 Å². The molecular formula is C28H48O2S. The number of hydrogen-bond acceptors (Lipinski definition) is 2. The Labute approximate surface area is 197 Å². The van der Waals surface area contributed by atoms with Crippen LogP contribution in [0.5, 0.6) is 0 Å². The molecule has 1 aromatic rings. The summed E-state index contributed by atoms with van der Waals surface area (Å²) in [6, 6.07) is 10.3. The van der Waals surface area contributed by atoms with E-state index in [4.69, 9.17) is 0 Å². The first-order valence-electron chi connectivity index (χ1n) is 13.1. The van der Waals surface area contributed by atoms with Crippen LogP contribution in [0.4, 0.5) is 0 Å². The Kier molecular flexibility index (Phi) is 18.9. The lowest BCUT2D eigenvalue weighted by Gasteiger charge is -2.14. The average Bonchev–Trinajstić information content (AvgIpc) is 2.76. The van der Waals surface area contributed by atoms with Gasteiger partial charge in [0.25, 0.3) is 0 Å². The number of thioether (sulfide) groups is 1. The Morgan fingerprint density at radius 2 is 1.19 bits per heavy atom. The lowest BCUT2D eigenvalue weighted by molar-refractivity contribution is -0.136. The number of carboxylic acids is 1. The van der Waals surface area contributed by atoms with Crippen molar-refractivity contribution in [3.05, 3.63) is 35.9 Å². The van der Waals surface area contributed by atoms with Crippen molar-refractivity contribution in [2.75, 3.05) is 5.75 Å². The number of rotatable bonds is 22. The van der Waals surface area contributed by atoms with Crippen LogP contribution in [-0.4, -0.2) is 22.1 Å². The van der Waals surface area contributed by atoms with Crippen molar-refractivity contribution in [2.24, 2.45) is 0 Å². The van der Waals surface area contributed by atoms with Gasteiger partial charge in [0, 0.05) is 5.25 Å². The van der Waals surface area contributed by atoms with Crippen LogP contribution >= 0.6 is 11.8 Å². The third-order valence-electron chi connectivity index (χ3n) is 6.06. The van der Waals surface area contributed by atoms with Crippen LogP contribution < -0.4 is 0 Å². The fourth-order valence-electron chi connectivity index (χ4n) is 4.16. The molecule has 3 heteroatoms. The zero-order valence-corrected chi connectivity index (χ0v) is 21.0. The molecule has 0 saturated carbocycles. The van der Waals surface area contributed by atoms with Crippen LogP contribution in [0.2, 0.25) is 0 Å². The highest BCUT2D eigenvalue weighted by Crippen LogP contribution is 2.22. The number of hydrogen-bond donors (Lipinski definition) is 1. The van der Waals surface area contributed by atoms with Gasteiger partial charge in [-0.05, 0) is 24.2 Å². The SMILES string of the molecule is CCCCCCCCCCCCCCCCCCSC(CC(=O)O)Cc1ccccc1. The van der Waals surface area contributed by atoms with Crippen molar-refractivity contribution in [3.8, 4) is 0 Å². The fraction of sp³-hybridized carbons (Fsp3) is 0.750. The second kappa shape index (κ2) is 20.9. The molecule has 0 aromatic heterocycles. The summed E-state index contributed by atoms with van der Waals surface area (Å²) in [6.07, 6.45) is 23.4. The Bertz CT molecular complexity index is 517. The van der Waals surface area contributed by atoms with Gasteiger partial charge in [-0.15, -0.1) is 0 Å². The Balaban J connectivity index is 1.90. The molecule has 1 unspecified atom stereocenters. The molecule has 0 fully saturated rings. The molecule has 1 atom stereocenters. The summed E-state index contributed by atoms with van der Waals surface area (Å²) in [6.45, 7) is 2.28. The summed E-state index contributed by atoms with van der Waals surface area (Å²) in [4.78, 5) is 11.2. The van der Waals surface area contributed by atoms with Gasteiger partial charge in [0.1, 0.15) is 0 Å². The van der Waals surface area contributed by atoms with Gasteiger partial charge in [-0.2, -0.15) is 11.8 Å². The molecule has 0 saturated heterocycles. The van der Waals surface area contributed by atoms with E-state index in [1.54, 1.807) is 0 Å². The van der Waals surface area contributed by atoms with Gasteiger partial charge in [0.05, 0.1) is 6.42 Å². The molecule has 2 nitrogen and oxygen atoms in total. The van der Waals surface area contributed by atoms with Crippen LogP contribution in [0.3, 0.4) is 0 Å².